The molecule has 5 nitrogen and oxygen atoms in total. The Morgan fingerprint density at radius 2 is 1.17 bits per heavy atom. The fraction of sp³-hybridized carbons (Fsp3) is 0.0238. The lowest BCUT2D eigenvalue weighted by molar-refractivity contribution is 1.20. The largest absolute Gasteiger partial charge is 0.307 e. The molecular weight excluding hydrogens is 574 g/mol. The number of para-hydroxylation sites is 3. The summed E-state index contributed by atoms with van der Waals surface area (Å²) in [5.74, 6) is 0.567. The molecule has 0 aliphatic carbocycles. The van der Waals surface area contributed by atoms with Gasteiger partial charge in [0.1, 0.15) is 0 Å². The first kappa shape index (κ1) is 28.2. The quantitative estimate of drug-likeness (QED) is 0.158. The van der Waals surface area contributed by atoms with E-state index in [1.54, 1.807) is 0 Å². The molecule has 1 aliphatic rings. The molecule has 1 N–H and O–H groups in total. The van der Waals surface area contributed by atoms with E-state index in [4.69, 9.17) is 15.4 Å². The molecule has 224 valence electrons. The van der Waals surface area contributed by atoms with Crippen LogP contribution in [0.2, 0.25) is 0 Å². The Morgan fingerprint density at radius 1 is 0.553 bits per heavy atom. The summed E-state index contributed by atoms with van der Waals surface area (Å²) < 4.78 is 2.14. The number of hydrogen-bond acceptors (Lipinski definition) is 2. The van der Waals surface area contributed by atoms with Crippen LogP contribution < -0.4 is 4.90 Å². The SMILES string of the molecule is CC(=NC(=NC(=N)c1ccccc1)n1c2ccccc2c2ccc3c(c21)N(c1ccccc1)c1ccccc1C=C3)c1ccccc1. The number of rotatable bonds is 3. The topological polar surface area (TPSA) is 56.7 Å². The van der Waals surface area contributed by atoms with Crippen LogP contribution >= 0.6 is 0 Å². The molecule has 0 unspecified atom stereocenters. The van der Waals surface area contributed by atoms with E-state index in [2.05, 4.69) is 119 Å². The second kappa shape index (κ2) is 11.9. The van der Waals surface area contributed by atoms with Gasteiger partial charge in [0.05, 0.1) is 22.4 Å². The van der Waals surface area contributed by atoms with E-state index >= 15 is 0 Å². The Morgan fingerprint density at radius 3 is 1.94 bits per heavy atom. The lowest BCUT2D eigenvalue weighted by Crippen LogP contribution is -2.18. The van der Waals surface area contributed by atoms with Crippen molar-refractivity contribution in [2.75, 3.05) is 4.90 Å². The van der Waals surface area contributed by atoms with Crippen LogP contribution in [0.3, 0.4) is 0 Å². The van der Waals surface area contributed by atoms with Gasteiger partial charge in [-0.05, 0) is 42.3 Å². The molecule has 0 radical (unpaired) electrons. The maximum Gasteiger partial charge on any atom is 0.237 e. The average molecular weight is 606 g/mol. The van der Waals surface area contributed by atoms with Gasteiger partial charge in [-0.25, -0.2) is 4.99 Å². The molecule has 1 aromatic heterocycles. The van der Waals surface area contributed by atoms with E-state index in [1.807, 2.05) is 61.5 Å². The molecule has 7 aromatic rings. The first-order valence-corrected chi connectivity index (χ1v) is 15.7. The normalized spacial score (nSPS) is 13.0. The minimum absolute atomic E-state index is 0.142. The van der Waals surface area contributed by atoms with Crippen LogP contribution in [0.4, 0.5) is 17.1 Å². The van der Waals surface area contributed by atoms with Crippen molar-refractivity contribution in [2.24, 2.45) is 9.98 Å². The van der Waals surface area contributed by atoms with Crippen molar-refractivity contribution in [2.45, 2.75) is 6.92 Å². The zero-order chi connectivity index (χ0) is 31.7. The summed E-state index contributed by atoms with van der Waals surface area (Å²) in [5.41, 5.74) is 9.82. The average Bonchev–Trinajstić information content (AvgIpc) is 3.37. The number of hydrogen-bond donors (Lipinski definition) is 1. The van der Waals surface area contributed by atoms with E-state index in [-0.39, 0.29) is 5.84 Å². The van der Waals surface area contributed by atoms with Gasteiger partial charge < -0.3 is 4.90 Å². The van der Waals surface area contributed by atoms with Gasteiger partial charge in [-0.2, -0.15) is 4.99 Å². The molecule has 47 heavy (non-hydrogen) atoms. The van der Waals surface area contributed by atoms with Crippen molar-refractivity contribution in [3.8, 4) is 0 Å². The molecule has 0 bridgehead atoms. The molecular formula is C42H31N5. The van der Waals surface area contributed by atoms with Gasteiger partial charge >= 0.3 is 0 Å². The predicted octanol–water partition coefficient (Wildman–Crippen LogP) is 10.5. The maximum atomic E-state index is 9.13. The van der Waals surface area contributed by atoms with Crippen molar-refractivity contribution in [3.63, 3.8) is 0 Å². The Bertz CT molecular complexity index is 2370. The van der Waals surface area contributed by atoms with Crippen LogP contribution in [0.25, 0.3) is 34.0 Å². The van der Waals surface area contributed by atoms with Crippen molar-refractivity contribution < 1.29 is 0 Å². The fourth-order valence-corrected chi connectivity index (χ4v) is 6.39. The zero-order valence-corrected chi connectivity index (χ0v) is 25.9. The third kappa shape index (κ3) is 5.04. The molecule has 6 aromatic carbocycles. The third-order valence-corrected chi connectivity index (χ3v) is 8.62. The summed E-state index contributed by atoms with van der Waals surface area (Å²) in [6, 6.07) is 51.5. The monoisotopic (exact) mass is 605 g/mol. The van der Waals surface area contributed by atoms with E-state index in [9.17, 15) is 0 Å². The highest BCUT2D eigenvalue weighted by molar-refractivity contribution is 6.22. The number of amidine groups is 1. The minimum atomic E-state index is 0.142. The highest BCUT2D eigenvalue weighted by Gasteiger charge is 2.27. The summed E-state index contributed by atoms with van der Waals surface area (Å²) in [4.78, 5) is 12.6. The number of fused-ring (bicyclic) bond motifs is 6. The number of anilines is 3. The third-order valence-electron chi connectivity index (χ3n) is 8.62. The van der Waals surface area contributed by atoms with Gasteiger partial charge in [0.15, 0.2) is 5.84 Å². The van der Waals surface area contributed by atoms with Gasteiger partial charge in [0.25, 0.3) is 0 Å². The Hall–Kier alpha value is -6.33. The maximum absolute atomic E-state index is 9.13. The van der Waals surface area contributed by atoms with Gasteiger partial charge in [0.2, 0.25) is 5.96 Å². The predicted molar refractivity (Wildman–Crippen MR) is 198 cm³/mol. The standard InChI is InChI=1S/C42H31N5/c1-29(30-15-5-2-6-16-30)44-42(45-41(43)33-18-7-3-8-19-33)47-38-24-14-12-22-35(38)36-28-27-32-26-25-31-17-11-13-23-37(31)46(39(32)40(36)47)34-20-9-4-10-21-34/h2-28,43H,1H3. The molecule has 0 spiro atoms. The Labute approximate surface area is 273 Å². The van der Waals surface area contributed by atoms with Crippen molar-refractivity contribution in [3.05, 3.63) is 174 Å². The number of nitrogens with one attached hydrogen (secondary N) is 1. The van der Waals surface area contributed by atoms with Gasteiger partial charge in [0, 0.05) is 33.3 Å². The summed E-state index contributed by atoms with van der Waals surface area (Å²) in [6.07, 6.45) is 4.38. The van der Waals surface area contributed by atoms with E-state index in [0.29, 0.717) is 5.96 Å². The van der Waals surface area contributed by atoms with Crippen molar-refractivity contribution in [1.29, 1.82) is 5.41 Å². The molecule has 0 fully saturated rings. The van der Waals surface area contributed by atoms with E-state index < -0.39 is 0 Å². The molecule has 5 heteroatoms. The second-order valence-electron chi connectivity index (χ2n) is 11.5. The van der Waals surface area contributed by atoms with Gasteiger partial charge in [-0.1, -0.05) is 140 Å². The van der Waals surface area contributed by atoms with Crippen LogP contribution in [0.1, 0.15) is 29.2 Å². The van der Waals surface area contributed by atoms with Crippen LogP contribution in [-0.2, 0) is 0 Å². The number of benzene rings is 6. The lowest BCUT2D eigenvalue weighted by Gasteiger charge is -2.28. The molecule has 1 aliphatic heterocycles. The summed E-state index contributed by atoms with van der Waals surface area (Å²) in [7, 11) is 0. The first-order chi connectivity index (χ1) is 23.2. The molecule has 0 saturated heterocycles. The zero-order valence-electron chi connectivity index (χ0n) is 25.9. The highest BCUT2D eigenvalue weighted by atomic mass is 15.2. The van der Waals surface area contributed by atoms with Gasteiger partial charge in [-0.15, -0.1) is 0 Å². The highest BCUT2D eigenvalue weighted by Crippen LogP contribution is 2.47. The Balaban J connectivity index is 1.50. The molecule has 0 amide bonds. The molecule has 2 heterocycles. The second-order valence-corrected chi connectivity index (χ2v) is 11.5. The minimum Gasteiger partial charge on any atom is -0.307 e. The molecule has 0 atom stereocenters. The summed E-state index contributed by atoms with van der Waals surface area (Å²) in [5, 5.41) is 11.3. The van der Waals surface area contributed by atoms with Crippen LogP contribution in [0.5, 0.6) is 0 Å². The molecule has 8 rings (SSSR count). The van der Waals surface area contributed by atoms with Crippen molar-refractivity contribution in [1.82, 2.24) is 4.57 Å². The fourth-order valence-electron chi connectivity index (χ4n) is 6.39. The molecule has 0 saturated carbocycles. The smallest absolute Gasteiger partial charge is 0.237 e. The van der Waals surface area contributed by atoms with Crippen LogP contribution in [0, 0.1) is 5.41 Å². The van der Waals surface area contributed by atoms with E-state index in [0.717, 1.165) is 66.8 Å². The number of nitrogens with zero attached hydrogens (tertiary/aromatic N) is 4. The summed E-state index contributed by atoms with van der Waals surface area (Å²) in [6.45, 7) is 2.00. The van der Waals surface area contributed by atoms with Gasteiger partial charge in [-0.3, -0.25) is 9.98 Å². The Kier molecular flexibility index (Phi) is 7.12. The lowest BCUT2D eigenvalue weighted by atomic mass is 10.1. The summed E-state index contributed by atoms with van der Waals surface area (Å²) >= 11 is 0. The number of aromatic nitrogens is 1. The van der Waals surface area contributed by atoms with E-state index in [1.165, 1.54) is 0 Å². The van der Waals surface area contributed by atoms with Crippen LogP contribution in [0.15, 0.2) is 162 Å². The number of aliphatic imine (C=N–C) groups is 2. The van der Waals surface area contributed by atoms with Crippen LogP contribution in [-0.4, -0.2) is 22.1 Å². The van der Waals surface area contributed by atoms with Crippen molar-refractivity contribution >= 4 is 68.5 Å². The first-order valence-electron chi connectivity index (χ1n) is 15.7.